The van der Waals surface area contributed by atoms with Crippen LogP contribution in [0.4, 0.5) is 0 Å². The number of carbonyl (C=O) groups is 4. The van der Waals surface area contributed by atoms with E-state index in [1.54, 1.807) is 0 Å². The van der Waals surface area contributed by atoms with E-state index < -0.39 is 23.9 Å². The maximum absolute atomic E-state index is 8.93. The van der Waals surface area contributed by atoms with Gasteiger partial charge in [-0.05, 0) is 0 Å². The monoisotopic (exact) mass is 405 g/mol. The van der Waals surface area contributed by atoms with Crippen molar-refractivity contribution in [1.29, 1.82) is 0 Å². The number of rotatable bonds is 0. The van der Waals surface area contributed by atoms with Gasteiger partial charge in [0.25, 0.3) is 0 Å². The molecule has 0 rings (SSSR count). The van der Waals surface area contributed by atoms with Crippen LogP contribution < -0.4 is 32.7 Å². The van der Waals surface area contributed by atoms with Crippen LogP contribution in [0.3, 0.4) is 0 Å². The Hall–Kier alpha value is -1.51. The summed E-state index contributed by atoms with van der Waals surface area (Å²) in [4.78, 5) is 35.7. The van der Waals surface area contributed by atoms with Crippen LogP contribution in [0.25, 0.3) is 0 Å². The van der Waals surface area contributed by atoms with Crippen LogP contribution >= 0.6 is 0 Å². The van der Waals surface area contributed by atoms with Gasteiger partial charge in [-0.2, -0.15) is 0 Å². The standard InChI is InChI=1S/2C2H2O4.2H3N.Pt/c2*3-1(4)2(5)6;;;/h2*(H,3,4)(H,5,6);2*1H3;/q;;;;+4/p-4. The van der Waals surface area contributed by atoms with Crippen molar-refractivity contribution in [2.24, 2.45) is 0 Å². The van der Waals surface area contributed by atoms with E-state index >= 15 is 0 Å². The van der Waals surface area contributed by atoms with Crippen molar-refractivity contribution in [3.63, 3.8) is 0 Å². The molecule has 0 aliphatic carbocycles. The number of hydrogen-bond acceptors (Lipinski definition) is 10. The van der Waals surface area contributed by atoms with Gasteiger partial charge in [-0.1, -0.05) is 0 Å². The molecule has 0 unspecified atom stereocenters. The van der Waals surface area contributed by atoms with Gasteiger partial charge >= 0.3 is 21.1 Å². The largest absolute Gasteiger partial charge is 4.00 e. The number of aliphatic carboxylic acids is 4. The zero-order valence-electron chi connectivity index (χ0n) is 7.00. The predicted molar refractivity (Wildman–Crippen MR) is 30.1 cm³/mol. The van der Waals surface area contributed by atoms with Crippen molar-refractivity contribution in [2.45, 2.75) is 0 Å². The van der Waals surface area contributed by atoms with E-state index in [1.807, 2.05) is 0 Å². The van der Waals surface area contributed by atoms with Gasteiger partial charge in [-0.25, -0.2) is 0 Å². The van der Waals surface area contributed by atoms with Crippen LogP contribution in [0.1, 0.15) is 0 Å². The van der Waals surface area contributed by atoms with Gasteiger partial charge in [-0.15, -0.1) is 0 Å². The molecule has 10 nitrogen and oxygen atoms in total. The second-order valence-corrected chi connectivity index (χ2v) is 1.15. The minimum absolute atomic E-state index is 0. The van der Waals surface area contributed by atoms with Crippen LogP contribution in [0, 0.1) is 0 Å². The van der Waals surface area contributed by atoms with E-state index in [2.05, 4.69) is 0 Å². The van der Waals surface area contributed by atoms with Crippen molar-refractivity contribution in [1.82, 2.24) is 12.3 Å². The Balaban J connectivity index is -0.0000000370. The molecule has 90 valence electrons. The first-order chi connectivity index (χ1) is 5.29. The van der Waals surface area contributed by atoms with Crippen molar-refractivity contribution in [3.8, 4) is 0 Å². The maximum Gasteiger partial charge on any atom is 4.00 e. The molecule has 0 aliphatic heterocycles. The average molecular weight is 405 g/mol. The van der Waals surface area contributed by atoms with Crippen LogP contribution in [0.15, 0.2) is 0 Å². The molecule has 6 N–H and O–H groups in total. The third kappa shape index (κ3) is 32.6. The Bertz CT molecular complexity index is 181. The Morgan fingerprint density at radius 3 is 0.600 bits per heavy atom. The SMILES string of the molecule is N.N.O=C([O-])C(=O)[O-].O=C([O-])C(=O)[O-].[Pt+4]. The molecule has 0 radical (unpaired) electrons. The number of carbonyl (C=O) groups excluding carboxylic acids is 4. The summed E-state index contributed by atoms with van der Waals surface area (Å²) in [7, 11) is 0. The Kier molecular flexibility index (Phi) is 29.2. The molecular weight excluding hydrogens is 399 g/mol. The van der Waals surface area contributed by atoms with Gasteiger partial charge in [0.05, 0.1) is 23.9 Å². The average Bonchev–Trinajstić information content (AvgIpc) is 1.88. The first kappa shape index (κ1) is 29.2. The van der Waals surface area contributed by atoms with Gasteiger partial charge in [0.2, 0.25) is 0 Å². The number of carboxylic acid groups (broad SMARTS) is 4. The quantitative estimate of drug-likeness (QED) is 0.362. The van der Waals surface area contributed by atoms with Crippen LogP contribution in [-0.4, -0.2) is 23.9 Å². The predicted octanol–water partition coefficient (Wildman–Crippen LogP) is -6.71. The summed E-state index contributed by atoms with van der Waals surface area (Å²) < 4.78 is 0. The molecule has 0 heterocycles. The molecule has 0 aromatic heterocycles. The molecule has 0 aromatic carbocycles. The Morgan fingerprint density at radius 2 is 0.600 bits per heavy atom. The Morgan fingerprint density at radius 1 is 0.533 bits per heavy atom. The van der Waals surface area contributed by atoms with E-state index in [1.165, 1.54) is 0 Å². The molecule has 0 amide bonds. The van der Waals surface area contributed by atoms with Gasteiger partial charge in [0.1, 0.15) is 0 Å². The summed E-state index contributed by atoms with van der Waals surface area (Å²) in [6.45, 7) is 0. The number of carboxylic acids is 4. The van der Waals surface area contributed by atoms with Gasteiger partial charge in [0.15, 0.2) is 0 Å². The van der Waals surface area contributed by atoms with Gasteiger partial charge in [-0.3, -0.25) is 0 Å². The van der Waals surface area contributed by atoms with Crippen molar-refractivity contribution in [2.75, 3.05) is 0 Å². The van der Waals surface area contributed by atoms with Gasteiger partial charge < -0.3 is 51.9 Å². The summed E-state index contributed by atoms with van der Waals surface area (Å²) in [5.41, 5.74) is 0. The molecule has 0 aliphatic rings. The maximum atomic E-state index is 8.93. The van der Waals surface area contributed by atoms with Crippen molar-refractivity contribution < 1.29 is 60.7 Å². The molecule has 0 spiro atoms. The van der Waals surface area contributed by atoms with E-state index in [9.17, 15) is 0 Å². The topological polar surface area (TPSA) is 231 Å². The number of hydrogen-bond donors (Lipinski definition) is 2. The molecule has 15 heavy (non-hydrogen) atoms. The fraction of sp³-hybridized carbons (Fsp3) is 0. The van der Waals surface area contributed by atoms with E-state index in [-0.39, 0.29) is 33.4 Å². The molecule has 0 bridgehead atoms. The summed E-state index contributed by atoms with van der Waals surface area (Å²) in [5.74, 6) is -8.74. The summed E-state index contributed by atoms with van der Waals surface area (Å²) in [6.07, 6.45) is 0. The second kappa shape index (κ2) is 15.0. The van der Waals surface area contributed by atoms with E-state index in [0.717, 1.165) is 0 Å². The normalized spacial score (nSPS) is 5.87. The van der Waals surface area contributed by atoms with Crippen LogP contribution in [-0.2, 0) is 40.2 Å². The summed E-state index contributed by atoms with van der Waals surface area (Å²) in [6, 6.07) is 0. The minimum atomic E-state index is -2.19. The van der Waals surface area contributed by atoms with Crippen LogP contribution in [0.2, 0.25) is 0 Å². The summed E-state index contributed by atoms with van der Waals surface area (Å²) in [5, 5.41) is 35.7. The molecule has 11 heteroatoms. The van der Waals surface area contributed by atoms with Crippen molar-refractivity contribution >= 4 is 23.9 Å². The molecule has 0 fully saturated rings. The molecule has 0 aromatic rings. The molecule has 0 atom stereocenters. The first-order valence-corrected chi connectivity index (χ1v) is 2.13. The molecule has 0 saturated heterocycles. The minimum Gasteiger partial charge on any atom is -0.543 e. The zero-order valence-corrected chi connectivity index (χ0v) is 9.27. The second-order valence-electron chi connectivity index (χ2n) is 1.15. The Labute approximate surface area is 97.3 Å². The summed E-state index contributed by atoms with van der Waals surface area (Å²) >= 11 is 0. The van der Waals surface area contributed by atoms with Gasteiger partial charge in [0, 0.05) is 0 Å². The van der Waals surface area contributed by atoms with Crippen LogP contribution in [0.5, 0.6) is 0 Å². The molecule has 0 saturated carbocycles. The molecular formula is C4H6N2O8Pt. The zero-order chi connectivity index (χ0) is 10.3. The van der Waals surface area contributed by atoms with E-state index in [0.29, 0.717) is 0 Å². The van der Waals surface area contributed by atoms with E-state index in [4.69, 9.17) is 39.6 Å². The smallest absolute Gasteiger partial charge is 0.543 e. The first-order valence-electron chi connectivity index (χ1n) is 2.13. The fourth-order valence-corrected chi connectivity index (χ4v) is 0. The third-order valence-electron chi connectivity index (χ3n) is 0.333. The van der Waals surface area contributed by atoms with Crippen molar-refractivity contribution in [3.05, 3.63) is 0 Å². The fourth-order valence-electron chi connectivity index (χ4n) is 0. The third-order valence-corrected chi connectivity index (χ3v) is 0.333.